The quantitative estimate of drug-likeness (QED) is 0.668. The zero-order valence-electron chi connectivity index (χ0n) is 8.03. The van der Waals surface area contributed by atoms with Crippen LogP contribution in [-0.4, -0.2) is 41.9 Å². The Morgan fingerprint density at radius 1 is 1.69 bits per heavy atom. The van der Waals surface area contributed by atoms with Crippen LogP contribution in [0.3, 0.4) is 0 Å². The van der Waals surface area contributed by atoms with Crippen molar-refractivity contribution in [3.63, 3.8) is 0 Å². The molecule has 0 saturated carbocycles. The van der Waals surface area contributed by atoms with Crippen molar-refractivity contribution in [2.75, 3.05) is 19.8 Å². The molecule has 0 spiro atoms. The van der Waals surface area contributed by atoms with E-state index in [0.717, 1.165) is 25.8 Å². The van der Waals surface area contributed by atoms with Crippen LogP contribution in [0.1, 0.15) is 26.2 Å². The van der Waals surface area contributed by atoms with E-state index in [-0.39, 0.29) is 18.7 Å². The summed E-state index contributed by atoms with van der Waals surface area (Å²) < 4.78 is 4.99. The van der Waals surface area contributed by atoms with Gasteiger partial charge in [-0.1, -0.05) is 13.3 Å². The highest BCUT2D eigenvalue weighted by molar-refractivity contribution is 5.69. The van der Waals surface area contributed by atoms with Gasteiger partial charge in [0.05, 0.1) is 19.3 Å². The van der Waals surface area contributed by atoms with Gasteiger partial charge in [0.15, 0.2) is 0 Å². The number of hydrogen-bond acceptors (Lipinski definition) is 3. The molecule has 0 aromatic heterocycles. The van der Waals surface area contributed by atoms with Crippen molar-refractivity contribution < 1.29 is 14.6 Å². The van der Waals surface area contributed by atoms with Crippen molar-refractivity contribution >= 4 is 6.09 Å². The molecule has 1 saturated heterocycles. The van der Waals surface area contributed by atoms with Crippen LogP contribution < -0.4 is 0 Å². The summed E-state index contributed by atoms with van der Waals surface area (Å²) >= 11 is 0. The first-order valence-electron chi connectivity index (χ1n) is 4.83. The number of aliphatic hydroxyl groups is 1. The van der Waals surface area contributed by atoms with E-state index in [0.29, 0.717) is 6.61 Å². The fourth-order valence-corrected chi connectivity index (χ4v) is 1.26. The summed E-state index contributed by atoms with van der Waals surface area (Å²) in [6.45, 7) is 3.30. The molecule has 4 nitrogen and oxygen atoms in total. The largest absolute Gasteiger partial charge is 0.449 e. The van der Waals surface area contributed by atoms with Crippen molar-refractivity contribution in [3.05, 3.63) is 0 Å². The molecule has 13 heavy (non-hydrogen) atoms. The highest BCUT2D eigenvalue weighted by Crippen LogP contribution is 2.17. The van der Waals surface area contributed by atoms with Gasteiger partial charge in [-0.05, 0) is 12.8 Å². The van der Waals surface area contributed by atoms with Crippen molar-refractivity contribution in [3.8, 4) is 0 Å². The van der Waals surface area contributed by atoms with E-state index in [4.69, 9.17) is 9.84 Å². The minimum absolute atomic E-state index is 0.00544. The molecule has 1 aliphatic heterocycles. The molecule has 1 rings (SSSR count). The Labute approximate surface area is 78.5 Å². The Kier molecular flexibility index (Phi) is 4.02. The maximum atomic E-state index is 11.3. The normalized spacial score (nSPS) is 21.1. The third kappa shape index (κ3) is 2.59. The number of aliphatic hydroxyl groups excluding tert-OH is 1. The smallest absolute Gasteiger partial charge is 0.410 e. The number of nitrogens with zero attached hydrogens (tertiary/aromatic N) is 1. The minimum Gasteiger partial charge on any atom is -0.449 e. The van der Waals surface area contributed by atoms with Crippen LogP contribution in [-0.2, 0) is 4.74 Å². The second-order valence-electron chi connectivity index (χ2n) is 3.29. The van der Waals surface area contributed by atoms with Gasteiger partial charge in [-0.15, -0.1) is 0 Å². The molecule has 1 aliphatic rings. The number of rotatable bonds is 4. The molecule has 1 amide bonds. The van der Waals surface area contributed by atoms with E-state index in [2.05, 4.69) is 0 Å². The highest BCUT2D eigenvalue weighted by atomic mass is 16.6. The van der Waals surface area contributed by atoms with Crippen LogP contribution in [0.25, 0.3) is 0 Å². The minimum atomic E-state index is -0.279. The monoisotopic (exact) mass is 187 g/mol. The standard InChI is InChI=1S/C9H17NO3/c1-2-3-6-13-9(12)10-5-4-8(10)7-11/h8,11H,2-7H2,1H3/t8-/m1/s1. The molecule has 76 valence electrons. The Hall–Kier alpha value is -0.770. The van der Waals surface area contributed by atoms with Gasteiger partial charge in [0, 0.05) is 6.54 Å². The first kappa shape index (κ1) is 10.3. The van der Waals surface area contributed by atoms with Crippen molar-refractivity contribution in [2.45, 2.75) is 32.2 Å². The van der Waals surface area contributed by atoms with Gasteiger partial charge >= 0.3 is 6.09 Å². The van der Waals surface area contributed by atoms with Crippen LogP contribution >= 0.6 is 0 Å². The van der Waals surface area contributed by atoms with E-state index < -0.39 is 0 Å². The molecule has 1 atom stereocenters. The van der Waals surface area contributed by atoms with Crippen LogP contribution in [0.2, 0.25) is 0 Å². The van der Waals surface area contributed by atoms with Gasteiger partial charge in [0.2, 0.25) is 0 Å². The molecule has 0 unspecified atom stereocenters. The Morgan fingerprint density at radius 2 is 2.46 bits per heavy atom. The fraction of sp³-hybridized carbons (Fsp3) is 0.889. The molecule has 1 fully saturated rings. The molecule has 0 aliphatic carbocycles. The van der Waals surface area contributed by atoms with Crippen LogP contribution in [0, 0.1) is 0 Å². The summed E-state index contributed by atoms with van der Waals surface area (Å²) in [6.07, 6.45) is 2.54. The number of amides is 1. The second-order valence-corrected chi connectivity index (χ2v) is 3.29. The van der Waals surface area contributed by atoms with Gasteiger partial charge in [0.25, 0.3) is 0 Å². The predicted octanol–water partition coefficient (Wildman–Crippen LogP) is 0.990. The Balaban J connectivity index is 2.16. The van der Waals surface area contributed by atoms with Crippen molar-refractivity contribution in [1.29, 1.82) is 0 Å². The van der Waals surface area contributed by atoms with Gasteiger partial charge in [-0.2, -0.15) is 0 Å². The number of unbranched alkanes of at least 4 members (excludes halogenated alkanes) is 1. The number of likely N-dealkylation sites (tertiary alicyclic amines) is 1. The molecule has 0 aromatic rings. The number of ether oxygens (including phenoxy) is 1. The molecule has 0 aromatic carbocycles. The summed E-state index contributed by atoms with van der Waals surface area (Å²) in [7, 11) is 0. The lowest BCUT2D eigenvalue weighted by molar-refractivity contribution is 0.0242. The Morgan fingerprint density at radius 3 is 2.92 bits per heavy atom. The summed E-state index contributed by atoms with van der Waals surface area (Å²) in [5, 5.41) is 8.83. The average molecular weight is 187 g/mol. The predicted molar refractivity (Wildman–Crippen MR) is 48.5 cm³/mol. The first-order valence-corrected chi connectivity index (χ1v) is 4.83. The molecular formula is C9H17NO3. The molecular weight excluding hydrogens is 170 g/mol. The molecule has 1 N–H and O–H groups in total. The maximum absolute atomic E-state index is 11.3. The van der Waals surface area contributed by atoms with E-state index in [9.17, 15) is 4.79 Å². The van der Waals surface area contributed by atoms with Gasteiger partial charge in [-0.3, -0.25) is 0 Å². The number of carbonyl (C=O) groups excluding carboxylic acids is 1. The molecule has 4 heteroatoms. The van der Waals surface area contributed by atoms with E-state index in [1.54, 1.807) is 4.90 Å². The van der Waals surface area contributed by atoms with Gasteiger partial charge in [0.1, 0.15) is 0 Å². The van der Waals surface area contributed by atoms with E-state index in [1.165, 1.54) is 0 Å². The zero-order valence-corrected chi connectivity index (χ0v) is 8.03. The lowest BCUT2D eigenvalue weighted by Crippen LogP contribution is -2.53. The SMILES string of the molecule is CCCCOC(=O)N1CC[C@@H]1CO. The topological polar surface area (TPSA) is 49.8 Å². The van der Waals surface area contributed by atoms with Gasteiger partial charge in [-0.25, -0.2) is 4.79 Å². The van der Waals surface area contributed by atoms with E-state index >= 15 is 0 Å². The highest BCUT2D eigenvalue weighted by Gasteiger charge is 2.32. The average Bonchev–Trinajstić information content (AvgIpc) is 2.03. The molecule has 1 heterocycles. The number of carbonyl (C=O) groups is 1. The third-order valence-electron chi connectivity index (χ3n) is 2.31. The lowest BCUT2D eigenvalue weighted by atomic mass is 10.1. The summed E-state index contributed by atoms with van der Waals surface area (Å²) in [6, 6.07) is -0.00544. The first-order chi connectivity index (χ1) is 6.29. The van der Waals surface area contributed by atoms with Crippen molar-refractivity contribution in [1.82, 2.24) is 4.90 Å². The zero-order chi connectivity index (χ0) is 9.68. The van der Waals surface area contributed by atoms with E-state index in [1.807, 2.05) is 6.92 Å². The van der Waals surface area contributed by atoms with Gasteiger partial charge < -0.3 is 14.7 Å². The third-order valence-corrected chi connectivity index (χ3v) is 2.31. The number of hydrogen-bond donors (Lipinski definition) is 1. The summed E-state index contributed by atoms with van der Waals surface area (Å²) in [4.78, 5) is 12.8. The lowest BCUT2D eigenvalue weighted by Gasteiger charge is -2.38. The fourth-order valence-electron chi connectivity index (χ4n) is 1.26. The molecule has 0 bridgehead atoms. The van der Waals surface area contributed by atoms with Crippen LogP contribution in [0.5, 0.6) is 0 Å². The summed E-state index contributed by atoms with van der Waals surface area (Å²) in [5.41, 5.74) is 0. The van der Waals surface area contributed by atoms with Crippen LogP contribution in [0.4, 0.5) is 4.79 Å². The second kappa shape index (κ2) is 5.07. The van der Waals surface area contributed by atoms with Crippen molar-refractivity contribution in [2.24, 2.45) is 0 Å². The Bertz CT molecular complexity index is 170. The summed E-state index contributed by atoms with van der Waals surface area (Å²) in [5.74, 6) is 0. The maximum Gasteiger partial charge on any atom is 0.410 e. The molecule has 0 radical (unpaired) electrons. The van der Waals surface area contributed by atoms with Crippen LogP contribution in [0.15, 0.2) is 0 Å².